The van der Waals surface area contributed by atoms with Crippen LogP contribution >= 0.6 is 0 Å². The van der Waals surface area contributed by atoms with Crippen molar-refractivity contribution in [3.05, 3.63) is 23.7 Å². The fraction of sp³-hybridized carbons (Fsp3) is 0.583. The highest BCUT2D eigenvalue weighted by Crippen LogP contribution is 2.19. The molecule has 1 aliphatic heterocycles. The molecule has 0 spiro atoms. The van der Waals surface area contributed by atoms with Gasteiger partial charge in [0.1, 0.15) is 12.0 Å². The van der Waals surface area contributed by atoms with Gasteiger partial charge >= 0.3 is 0 Å². The number of hydrogen-bond acceptors (Lipinski definition) is 5. The number of nitrogen functional groups attached to an aromatic ring is 1. The van der Waals surface area contributed by atoms with E-state index in [0.29, 0.717) is 18.7 Å². The predicted molar refractivity (Wildman–Crippen MR) is 65.7 cm³/mol. The van der Waals surface area contributed by atoms with Crippen molar-refractivity contribution < 1.29 is 13.9 Å². The number of carbonyl (C=O) groups excluding carboxylic acids is 1. The Kier molecular flexibility index (Phi) is 3.70. The Bertz CT molecular complexity index is 428. The number of nitrogens with one attached hydrogen (secondary N) is 1. The van der Waals surface area contributed by atoms with Crippen LogP contribution in [0, 0.1) is 0 Å². The molecule has 1 saturated heterocycles. The van der Waals surface area contributed by atoms with E-state index in [1.165, 1.54) is 6.26 Å². The molecule has 0 saturated carbocycles. The average molecular weight is 253 g/mol. The molecule has 1 aromatic heterocycles. The number of morpholine rings is 1. The molecule has 0 radical (unpaired) electrons. The first kappa shape index (κ1) is 13.1. The summed E-state index contributed by atoms with van der Waals surface area (Å²) in [5.74, 6) is 5.48. The molecule has 1 aromatic rings. The van der Waals surface area contributed by atoms with Crippen LogP contribution in [0.2, 0.25) is 0 Å². The van der Waals surface area contributed by atoms with E-state index >= 15 is 0 Å². The molecule has 6 heteroatoms. The van der Waals surface area contributed by atoms with Gasteiger partial charge in [0.15, 0.2) is 0 Å². The van der Waals surface area contributed by atoms with Crippen LogP contribution in [-0.4, -0.2) is 36.1 Å². The Hall–Kier alpha value is -1.37. The molecule has 0 aliphatic carbocycles. The monoisotopic (exact) mass is 253 g/mol. The average Bonchev–Trinajstić information content (AvgIpc) is 2.75. The molecule has 100 valence electrons. The molecule has 2 heterocycles. The van der Waals surface area contributed by atoms with Crippen LogP contribution in [0.15, 0.2) is 16.7 Å². The molecule has 2 rings (SSSR count). The third kappa shape index (κ3) is 3.10. The van der Waals surface area contributed by atoms with Crippen molar-refractivity contribution in [1.82, 2.24) is 10.3 Å². The molecule has 3 N–H and O–H groups in total. The topological polar surface area (TPSA) is 80.7 Å². The van der Waals surface area contributed by atoms with Crippen LogP contribution in [0.5, 0.6) is 0 Å². The summed E-state index contributed by atoms with van der Waals surface area (Å²) in [7, 11) is 0. The zero-order valence-corrected chi connectivity index (χ0v) is 10.7. The minimum absolute atomic E-state index is 0.137. The molecule has 0 unspecified atom stereocenters. The Morgan fingerprint density at radius 3 is 3.06 bits per heavy atom. The van der Waals surface area contributed by atoms with Crippen LogP contribution in [0.25, 0.3) is 0 Å². The van der Waals surface area contributed by atoms with Gasteiger partial charge in [0.05, 0.1) is 24.3 Å². The van der Waals surface area contributed by atoms with Crippen molar-refractivity contribution >= 4 is 5.91 Å². The standard InChI is InChI=1S/C12H19N3O3/c1-12(2)8-15(3-4-18-12)6-10-5-9(7-17-10)11(16)14-13/h5,7H,3-4,6,8,13H2,1-2H3,(H,14,16). The van der Waals surface area contributed by atoms with E-state index in [1.807, 2.05) is 0 Å². The maximum atomic E-state index is 11.3. The Morgan fingerprint density at radius 2 is 2.39 bits per heavy atom. The third-order valence-electron chi connectivity index (χ3n) is 2.93. The summed E-state index contributed by atoms with van der Waals surface area (Å²) in [5.41, 5.74) is 2.39. The van der Waals surface area contributed by atoms with Crippen molar-refractivity contribution in [3.63, 3.8) is 0 Å². The Morgan fingerprint density at radius 1 is 1.61 bits per heavy atom. The summed E-state index contributed by atoms with van der Waals surface area (Å²) in [6, 6.07) is 1.71. The van der Waals surface area contributed by atoms with Crippen molar-refractivity contribution in [2.45, 2.75) is 26.0 Å². The first-order valence-corrected chi connectivity index (χ1v) is 5.95. The lowest BCUT2D eigenvalue weighted by Crippen LogP contribution is -2.47. The molecule has 0 bridgehead atoms. The van der Waals surface area contributed by atoms with Gasteiger partial charge in [0.25, 0.3) is 5.91 Å². The summed E-state index contributed by atoms with van der Waals surface area (Å²) in [6.45, 7) is 7.21. The van der Waals surface area contributed by atoms with Crippen molar-refractivity contribution in [2.75, 3.05) is 19.7 Å². The van der Waals surface area contributed by atoms with Gasteiger partial charge in [0, 0.05) is 13.1 Å². The molecule has 1 amide bonds. The second kappa shape index (κ2) is 5.09. The highest BCUT2D eigenvalue weighted by Gasteiger charge is 2.27. The second-order valence-electron chi connectivity index (χ2n) is 5.09. The SMILES string of the molecule is CC1(C)CN(Cc2cc(C(=O)NN)co2)CCO1. The van der Waals surface area contributed by atoms with E-state index in [1.54, 1.807) is 6.07 Å². The Balaban J connectivity index is 1.97. The quantitative estimate of drug-likeness (QED) is 0.465. The highest BCUT2D eigenvalue weighted by atomic mass is 16.5. The number of nitrogens with zero attached hydrogens (tertiary/aromatic N) is 1. The lowest BCUT2D eigenvalue weighted by Gasteiger charge is -2.37. The number of carbonyl (C=O) groups is 1. The van der Waals surface area contributed by atoms with Gasteiger partial charge < -0.3 is 9.15 Å². The van der Waals surface area contributed by atoms with Crippen molar-refractivity contribution in [3.8, 4) is 0 Å². The van der Waals surface area contributed by atoms with Gasteiger partial charge in [-0.3, -0.25) is 15.1 Å². The van der Waals surface area contributed by atoms with Crippen LogP contribution in [0.1, 0.15) is 30.0 Å². The van der Waals surface area contributed by atoms with Crippen LogP contribution in [0.4, 0.5) is 0 Å². The van der Waals surface area contributed by atoms with Gasteiger partial charge in [0.2, 0.25) is 0 Å². The fourth-order valence-corrected chi connectivity index (χ4v) is 2.14. The summed E-state index contributed by atoms with van der Waals surface area (Å²) in [6.07, 6.45) is 1.42. The fourth-order valence-electron chi connectivity index (χ4n) is 2.14. The highest BCUT2D eigenvalue weighted by molar-refractivity contribution is 5.93. The molecule has 1 fully saturated rings. The molecule has 0 atom stereocenters. The summed E-state index contributed by atoms with van der Waals surface area (Å²) in [4.78, 5) is 13.5. The third-order valence-corrected chi connectivity index (χ3v) is 2.93. The normalized spacial score (nSPS) is 19.7. The maximum absolute atomic E-state index is 11.3. The van der Waals surface area contributed by atoms with E-state index in [0.717, 1.165) is 18.8 Å². The predicted octanol–water partition coefficient (Wildman–Crippen LogP) is 0.494. The minimum atomic E-state index is -0.340. The minimum Gasteiger partial charge on any atom is -0.467 e. The molecular weight excluding hydrogens is 234 g/mol. The van der Waals surface area contributed by atoms with Crippen LogP contribution < -0.4 is 11.3 Å². The first-order chi connectivity index (χ1) is 8.50. The molecule has 18 heavy (non-hydrogen) atoms. The zero-order valence-electron chi connectivity index (χ0n) is 10.7. The summed E-state index contributed by atoms with van der Waals surface area (Å²) in [5, 5.41) is 0. The smallest absolute Gasteiger partial charge is 0.268 e. The summed E-state index contributed by atoms with van der Waals surface area (Å²) < 4.78 is 11.0. The summed E-state index contributed by atoms with van der Waals surface area (Å²) >= 11 is 0. The van der Waals surface area contributed by atoms with Crippen molar-refractivity contribution in [2.24, 2.45) is 5.84 Å². The van der Waals surface area contributed by atoms with Gasteiger partial charge in [-0.1, -0.05) is 0 Å². The van der Waals surface area contributed by atoms with Gasteiger partial charge in [-0.2, -0.15) is 0 Å². The number of ether oxygens (including phenoxy) is 1. The van der Waals surface area contributed by atoms with Crippen molar-refractivity contribution in [1.29, 1.82) is 0 Å². The maximum Gasteiger partial charge on any atom is 0.268 e. The van der Waals surface area contributed by atoms with Gasteiger partial charge in [-0.05, 0) is 19.9 Å². The number of rotatable bonds is 3. The molecule has 6 nitrogen and oxygen atoms in total. The zero-order chi connectivity index (χ0) is 13.2. The number of furan rings is 1. The molecular formula is C12H19N3O3. The Labute approximate surface area is 106 Å². The van der Waals surface area contributed by atoms with E-state index in [-0.39, 0.29) is 11.5 Å². The molecule has 1 aliphatic rings. The number of nitrogens with two attached hydrogens (primary N) is 1. The second-order valence-corrected chi connectivity index (χ2v) is 5.09. The van der Waals surface area contributed by atoms with E-state index in [9.17, 15) is 4.79 Å². The van der Waals surface area contributed by atoms with E-state index in [4.69, 9.17) is 15.0 Å². The van der Waals surface area contributed by atoms with Gasteiger partial charge in [-0.15, -0.1) is 0 Å². The van der Waals surface area contributed by atoms with Gasteiger partial charge in [-0.25, -0.2) is 5.84 Å². The van der Waals surface area contributed by atoms with Crippen LogP contribution in [-0.2, 0) is 11.3 Å². The largest absolute Gasteiger partial charge is 0.467 e. The van der Waals surface area contributed by atoms with E-state index in [2.05, 4.69) is 24.2 Å². The molecule has 0 aromatic carbocycles. The lowest BCUT2D eigenvalue weighted by molar-refractivity contribution is -0.0894. The number of hydrazine groups is 1. The number of amides is 1. The van der Waals surface area contributed by atoms with Crippen LogP contribution in [0.3, 0.4) is 0 Å². The number of hydrogen-bond donors (Lipinski definition) is 2. The van der Waals surface area contributed by atoms with E-state index < -0.39 is 0 Å². The first-order valence-electron chi connectivity index (χ1n) is 5.95. The lowest BCUT2D eigenvalue weighted by atomic mass is 10.1.